The molecule has 0 spiro atoms. The van der Waals surface area contributed by atoms with E-state index < -0.39 is 0 Å². The van der Waals surface area contributed by atoms with Gasteiger partial charge < -0.3 is 93.1 Å². The number of aryl methyl sites for hydroxylation is 5. The number of nitrogen functional groups attached to an aromatic ring is 5. The molecule has 5 aromatic carbocycles. The topological polar surface area (TPSA) is 503 Å². The third-order valence-electron chi connectivity index (χ3n) is 24.5. The summed E-state index contributed by atoms with van der Waals surface area (Å²) in [5.41, 5.74) is 39.4. The molecule has 5 amide bonds. The van der Waals surface area contributed by atoms with E-state index >= 15 is 0 Å². The van der Waals surface area contributed by atoms with Crippen molar-refractivity contribution in [3.63, 3.8) is 0 Å². The molecule has 38 heteroatoms. The molecular formula is C99H113N25O13. The van der Waals surface area contributed by atoms with Gasteiger partial charge in [0.15, 0.2) is 28.5 Å². The number of anilines is 10. The number of carbonyl (C=O) groups excluding carboxylic acids is 5. The van der Waals surface area contributed by atoms with Crippen LogP contribution in [0, 0.1) is 23.7 Å². The molecule has 15 N–H and O–H groups in total. The summed E-state index contributed by atoms with van der Waals surface area (Å²) in [7, 11) is 9.27. The van der Waals surface area contributed by atoms with Crippen molar-refractivity contribution in [1.29, 1.82) is 0 Å². The molecule has 712 valence electrons. The quantitative estimate of drug-likeness (QED) is 0.0254. The van der Waals surface area contributed by atoms with E-state index in [9.17, 15) is 24.0 Å². The maximum Gasteiger partial charge on any atom is 0.276 e. The Balaban J connectivity index is 0.000000124. The Labute approximate surface area is 789 Å². The van der Waals surface area contributed by atoms with E-state index in [1.807, 2.05) is 120 Å². The van der Waals surface area contributed by atoms with Gasteiger partial charge in [0.25, 0.3) is 29.5 Å². The number of nitrogens with one attached hydrogen (secondary N) is 5. The van der Waals surface area contributed by atoms with E-state index in [0.717, 1.165) is 80.6 Å². The number of hydrogen-bond acceptors (Lipinski definition) is 28. The van der Waals surface area contributed by atoms with Crippen LogP contribution in [0.3, 0.4) is 0 Å². The van der Waals surface area contributed by atoms with Gasteiger partial charge in [-0.2, -0.15) is 0 Å². The van der Waals surface area contributed by atoms with Crippen LogP contribution in [0.4, 0.5) is 56.9 Å². The molecule has 1 atom stereocenters. The third kappa shape index (κ3) is 23.8. The molecule has 1 unspecified atom stereocenters. The van der Waals surface area contributed by atoms with Crippen molar-refractivity contribution >= 4 is 141 Å². The SMILES string of the molecule is Cn1nc(OCC2CCCC2)c2ccc(NC(=O)c3ncccc3N)cc21.Cn1nc(OCC2CCCC2)c2ccc(NC(=O)c3ncccc3N)cc21.Cn1nc(OCC2CCCC2)c2ccc(NC(=O)c3ncccc3N)cc21.Cn1nc(OCC2CCOCC2)c2ccc(NC(=O)c3ncccc3N)cc21.Cn1nc(OCC2COCCO2)c2ccc(NC(=O)c3ncccc3N)cc21. The molecule has 137 heavy (non-hydrogen) atoms. The first-order valence-electron chi connectivity index (χ1n) is 45.9. The van der Waals surface area contributed by atoms with Crippen LogP contribution in [-0.2, 0) is 49.4 Å². The summed E-state index contributed by atoms with van der Waals surface area (Å²) in [6, 6.07) is 44.7. The van der Waals surface area contributed by atoms with Gasteiger partial charge in [0.1, 0.15) is 12.7 Å². The Morgan fingerprint density at radius 2 is 0.540 bits per heavy atom. The van der Waals surface area contributed by atoms with Crippen LogP contribution in [0.1, 0.15) is 142 Å². The van der Waals surface area contributed by atoms with Gasteiger partial charge in [-0.05, 0) is 227 Å². The first-order valence-corrected chi connectivity index (χ1v) is 45.9. The molecule has 20 rings (SSSR count). The summed E-state index contributed by atoms with van der Waals surface area (Å²) in [6.07, 6.45) is 24.8. The van der Waals surface area contributed by atoms with Gasteiger partial charge in [0, 0.05) is 108 Å². The summed E-state index contributed by atoms with van der Waals surface area (Å²) in [5, 5.41) is 41.1. The molecule has 38 nitrogen and oxygen atoms in total. The minimum Gasteiger partial charge on any atom is -0.476 e. The Morgan fingerprint density at radius 1 is 0.307 bits per heavy atom. The highest BCUT2D eigenvalue weighted by molar-refractivity contribution is 6.11. The fourth-order valence-corrected chi connectivity index (χ4v) is 17.1. The van der Waals surface area contributed by atoms with Crippen molar-refractivity contribution in [2.24, 2.45) is 58.9 Å². The fourth-order valence-electron chi connectivity index (χ4n) is 17.1. The average molecular weight is 1860 g/mol. The number of rotatable bonds is 25. The summed E-state index contributed by atoms with van der Waals surface area (Å²) >= 11 is 0. The Kier molecular flexibility index (Phi) is 30.7. The van der Waals surface area contributed by atoms with Crippen LogP contribution < -0.4 is 78.9 Å². The summed E-state index contributed by atoms with van der Waals surface area (Å²) in [5.74, 6) is 3.69. The highest BCUT2D eigenvalue weighted by atomic mass is 16.6. The summed E-state index contributed by atoms with van der Waals surface area (Å²) in [4.78, 5) is 82.3. The van der Waals surface area contributed by atoms with Crippen molar-refractivity contribution in [3.8, 4) is 29.4 Å². The van der Waals surface area contributed by atoms with Gasteiger partial charge in [-0.3, -0.25) is 47.4 Å². The van der Waals surface area contributed by atoms with E-state index in [0.29, 0.717) is 163 Å². The number of carbonyl (C=O) groups is 5. The van der Waals surface area contributed by atoms with Crippen molar-refractivity contribution in [2.45, 2.75) is 96.0 Å². The maximum atomic E-state index is 12.4. The van der Waals surface area contributed by atoms with Gasteiger partial charge >= 0.3 is 0 Å². The lowest BCUT2D eigenvalue weighted by atomic mass is 10.0. The second-order valence-corrected chi connectivity index (χ2v) is 34.4. The number of aromatic nitrogens is 15. The molecule has 3 aliphatic carbocycles. The number of nitrogens with zero attached hydrogens (tertiary/aromatic N) is 15. The van der Waals surface area contributed by atoms with E-state index in [1.165, 1.54) is 89.4 Å². The maximum absolute atomic E-state index is 12.4. The fraction of sp³-hybridized carbons (Fsp3) is 0.343. The van der Waals surface area contributed by atoms with Gasteiger partial charge in [-0.1, -0.05) is 38.5 Å². The summed E-state index contributed by atoms with van der Waals surface area (Å²) in [6.45, 7) is 6.41. The number of benzene rings is 5. The first kappa shape index (κ1) is 94.6. The van der Waals surface area contributed by atoms with Crippen LogP contribution in [-0.4, -0.2) is 176 Å². The summed E-state index contributed by atoms with van der Waals surface area (Å²) < 4.78 is 54.9. The monoisotopic (exact) mass is 1860 g/mol. The third-order valence-corrected chi connectivity index (χ3v) is 24.5. The average Bonchev–Trinajstić information content (AvgIpc) is 1.67. The van der Waals surface area contributed by atoms with Crippen LogP contribution in [0.25, 0.3) is 54.5 Å². The van der Waals surface area contributed by atoms with Crippen LogP contribution in [0.5, 0.6) is 29.4 Å². The van der Waals surface area contributed by atoms with Gasteiger partial charge in [0.2, 0.25) is 29.4 Å². The van der Waals surface area contributed by atoms with E-state index in [4.69, 9.17) is 66.6 Å². The lowest BCUT2D eigenvalue weighted by molar-refractivity contribution is -0.101. The molecule has 5 fully saturated rings. The number of pyridine rings is 5. The Bertz CT molecular complexity index is 6240. The van der Waals surface area contributed by atoms with Gasteiger partial charge in [0.05, 0.1) is 129 Å². The molecule has 0 radical (unpaired) electrons. The van der Waals surface area contributed by atoms with E-state index in [2.05, 4.69) is 77.0 Å². The zero-order valence-electron chi connectivity index (χ0n) is 77.1. The Hall–Kier alpha value is -15.6. The Morgan fingerprint density at radius 3 is 0.766 bits per heavy atom. The van der Waals surface area contributed by atoms with Crippen LogP contribution in [0.2, 0.25) is 0 Å². The van der Waals surface area contributed by atoms with Crippen molar-refractivity contribution < 1.29 is 61.9 Å². The highest BCUT2D eigenvalue weighted by Gasteiger charge is 2.27. The second-order valence-electron chi connectivity index (χ2n) is 34.4. The van der Waals surface area contributed by atoms with E-state index in [1.54, 1.807) is 109 Å². The molecule has 15 aromatic rings. The van der Waals surface area contributed by atoms with Gasteiger partial charge in [-0.15, -0.1) is 25.5 Å². The number of fused-ring (bicyclic) bond motifs is 5. The van der Waals surface area contributed by atoms with E-state index in [-0.39, 0.29) is 64.1 Å². The first-order chi connectivity index (χ1) is 66.6. The predicted molar refractivity (Wildman–Crippen MR) is 524 cm³/mol. The van der Waals surface area contributed by atoms with Gasteiger partial charge in [-0.25, -0.2) is 24.9 Å². The normalized spacial score (nSPS) is 15.1. The lowest BCUT2D eigenvalue weighted by Crippen LogP contribution is -2.33. The number of ether oxygens (including phenoxy) is 8. The highest BCUT2D eigenvalue weighted by Crippen LogP contribution is 2.37. The number of nitrogens with two attached hydrogens (primary N) is 5. The molecule has 10 aromatic heterocycles. The van der Waals surface area contributed by atoms with Crippen LogP contribution in [0.15, 0.2) is 183 Å². The van der Waals surface area contributed by atoms with Crippen molar-refractivity contribution in [1.82, 2.24) is 73.8 Å². The molecule has 12 heterocycles. The molecule has 2 aliphatic heterocycles. The minimum atomic E-state index is -0.370. The zero-order valence-corrected chi connectivity index (χ0v) is 77.1. The van der Waals surface area contributed by atoms with Crippen molar-refractivity contribution in [3.05, 3.63) is 211 Å². The predicted octanol–water partition coefficient (Wildman–Crippen LogP) is 14.3. The molecule has 0 bridgehead atoms. The lowest BCUT2D eigenvalue weighted by Gasteiger charge is -2.22. The second kappa shape index (κ2) is 44.5. The minimum absolute atomic E-state index is 0.104. The number of amides is 5. The molecular weight excluding hydrogens is 1750 g/mol. The molecule has 5 aliphatic rings. The van der Waals surface area contributed by atoms with Crippen molar-refractivity contribution in [2.75, 3.05) is 121 Å². The largest absolute Gasteiger partial charge is 0.476 e. The standard InChI is InChI=1S/C20H23N5O3.3C20H23N5O2.C19H21N5O4/c1-25-17-11-14(23-19(26)18-16(21)3-2-8-22-18)4-5-15(17)20(24-25)28-12-13-6-9-27-10-7-13;3*1-25-17-11-14(23-19(26)18-16(21)7-4-10-22-18)8-9-15(17)20(24-25)27-12-13-5-2-3-6-13;1-24-16-9-12(22-18(25)17-15(20)3-2-6-21-17)4-5-14(16)19(23-24)28-11-13-10-26-7-8-27-13/h2-5,8,11,13H,6-7,9-10,12,21H2,1H3,(H,23,26);3*4,7-11,13H,2-3,5-6,12,21H2,1H3,(H,23,26);2-6,9,13H,7-8,10-11,20H2,1H3,(H,22,25). The molecule has 2 saturated heterocycles. The van der Waals surface area contributed by atoms with Crippen LogP contribution >= 0.6 is 0 Å². The number of hydrogen-bond donors (Lipinski definition) is 10. The molecule has 3 saturated carbocycles. The zero-order chi connectivity index (χ0) is 95.4. The smallest absolute Gasteiger partial charge is 0.276 e.